The minimum atomic E-state index is -0.311. The molecule has 98 valence electrons. The molecule has 0 spiro atoms. The number of benzene rings is 2. The Labute approximate surface area is 110 Å². The van der Waals surface area contributed by atoms with Gasteiger partial charge in [-0.25, -0.2) is 4.39 Å². The third-order valence-corrected chi connectivity index (χ3v) is 3.35. The highest BCUT2D eigenvalue weighted by molar-refractivity contribution is 5.40. The number of halogens is 1. The lowest BCUT2D eigenvalue weighted by atomic mass is 9.93. The molecule has 2 atom stereocenters. The first kappa shape index (κ1) is 12.0. The van der Waals surface area contributed by atoms with E-state index < -0.39 is 0 Å². The van der Waals surface area contributed by atoms with E-state index in [4.69, 9.17) is 10.5 Å². The van der Waals surface area contributed by atoms with E-state index in [2.05, 4.69) is 0 Å². The molecule has 0 radical (unpaired) electrons. The third kappa shape index (κ3) is 2.27. The zero-order chi connectivity index (χ0) is 13.4. The van der Waals surface area contributed by atoms with E-state index in [9.17, 15) is 9.50 Å². The lowest BCUT2D eigenvalue weighted by Gasteiger charge is -2.30. The number of hydrogen-bond donors (Lipinski definition) is 2. The Morgan fingerprint density at radius 2 is 2.05 bits per heavy atom. The molecule has 0 aliphatic carbocycles. The largest absolute Gasteiger partial charge is 0.508 e. The van der Waals surface area contributed by atoms with Gasteiger partial charge in [0.2, 0.25) is 0 Å². The molecule has 0 saturated heterocycles. The first-order valence-corrected chi connectivity index (χ1v) is 6.14. The van der Waals surface area contributed by atoms with Crippen LogP contribution in [0.3, 0.4) is 0 Å². The molecular weight excluding hydrogens is 245 g/mol. The van der Waals surface area contributed by atoms with Gasteiger partial charge >= 0.3 is 0 Å². The molecule has 2 unspecified atom stereocenters. The van der Waals surface area contributed by atoms with Gasteiger partial charge in [-0.1, -0.05) is 12.1 Å². The van der Waals surface area contributed by atoms with Crippen LogP contribution in [-0.2, 0) is 0 Å². The summed E-state index contributed by atoms with van der Waals surface area (Å²) in [4.78, 5) is 0. The van der Waals surface area contributed by atoms with E-state index in [-0.39, 0.29) is 23.7 Å². The molecule has 0 saturated carbocycles. The summed E-state index contributed by atoms with van der Waals surface area (Å²) in [5, 5.41) is 9.50. The summed E-state index contributed by atoms with van der Waals surface area (Å²) in [5.41, 5.74) is 7.63. The summed E-state index contributed by atoms with van der Waals surface area (Å²) >= 11 is 0. The van der Waals surface area contributed by atoms with Crippen molar-refractivity contribution in [2.75, 3.05) is 0 Å². The van der Waals surface area contributed by atoms with Crippen molar-refractivity contribution in [2.24, 2.45) is 5.73 Å². The fraction of sp³-hybridized carbons (Fsp3) is 0.200. The predicted molar refractivity (Wildman–Crippen MR) is 69.4 cm³/mol. The van der Waals surface area contributed by atoms with Crippen molar-refractivity contribution >= 4 is 0 Å². The molecule has 0 fully saturated rings. The smallest absolute Gasteiger partial charge is 0.126 e. The summed E-state index contributed by atoms with van der Waals surface area (Å²) in [7, 11) is 0. The van der Waals surface area contributed by atoms with Crippen LogP contribution in [0.1, 0.15) is 29.7 Å². The van der Waals surface area contributed by atoms with Crippen LogP contribution in [0.5, 0.6) is 11.5 Å². The number of phenolic OH excluding ortho intramolecular Hbond substituents is 1. The number of rotatable bonds is 1. The first-order valence-electron chi connectivity index (χ1n) is 6.14. The lowest BCUT2D eigenvalue weighted by molar-refractivity contribution is 0.161. The highest BCUT2D eigenvalue weighted by atomic mass is 19.1. The van der Waals surface area contributed by atoms with Crippen LogP contribution in [0.4, 0.5) is 4.39 Å². The Morgan fingerprint density at radius 3 is 2.84 bits per heavy atom. The number of fused-ring (bicyclic) bond motifs is 1. The van der Waals surface area contributed by atoms with Gasteiger partial charge in [0.25, 0.3) is 0 Å². The summed E-state index contributed by atoms with van der Waals surface area (Å²) in [6, 6.07) is 11.0. The average Bonchev–Trinajstić information content (AvgIpc) is 2.39. The average molecular weight is 259 g/mol. The number of phenols is 1. The van der Waals surface area contributed by atoms with Gasteiger partial charge in [-0.15, -0.1) is 0 Å². The lowest BCUT2D eigenvalue weighted by Crippen LogP contribution is -2.24. The molecule has 19 heavy (non-hydrogen) atoms. The molecule has 3 nitrogen and oxygen atoms in total. The van der Waals surface area contributed by atoms with Gasteiger partial charge in [-0.05, 0) is 35.9 Å². The minimum absolute atomic E-state index is 0.194. The molecule has 0 aromatic heterocycles. The van der Waals surface area contributed by atoms with Crippen LogP contribution < -0.4 is 10.5 Å². The van der Waals surface area contributed by atoms with Crippen molar-refractivity contribution < 1.29 is 14.2 Å². The summed E-state index contributed by atoms with van der Waals surface area (Å²) < 4.78 is 19.0. The molecule has 2 aromatic carbocycles. The molecule has 1 aliphatic heterocycles. The van der Waals surface area contributed by atoms with Gasteiger partial charge < -0.3 is 15.6 Å². The fourth-order valence-corrected chi connectivity index (χ4v) is 2.40. The second-order valence-electron chi connectivity index (χ2n) is 4.73. The van der Waals surface area contributed by atoms with Crippen molar-refractivity contribution in [3.05, 3.63) is 59.4 Å². The highest BCUT2D eigenvalue weighted by Crippen LogP contribution is 2.40. The van der Waals surface area contributed by atoms with Crippen molar-refractivity contribution in [1.29, 1.82) is 0 Å². The van der Waals surface area contributed by atoms with Crippen molar-refractivity contribution in [3.8, 4) is 11.5 Å². The topological polar surface area (TPSA) is 55.5 Å². The number of nitrogens with two attached hydrogens (primary N) is 1. The van der Waals surface area contributed by atoms with E-state index in [1.54, 1.807) is 24.3 Å². The maximum atomic E-state index is 13.2. The second-order valence-corrected chi connectivity index (χ2v) is 4.73. The summed E-state index contributed by atoms with van der Waals surface area (Å²) in [5.74, 6) is 0.488. The predicted octanol–water partition coefficient (Wildman–Crippen LogP) is 3.05. The Bertz CT molecular complexity index is 615. The van der Waals surface area contributed by atoms with E-state index >= 15 is 0 Å². The third-order valence-electron chi connectivity index (χ3n) is 3.35. The van der Waals surface area contributed by atoms with Gasteiger partial charge in [0.15, 0.2) is 0 Å². The SMILES string of the molecule is NC1CC(c2cccc(O)c2)Oc2ccc(F)cc21. The molecule has 1 aliphatic rings. The molecule has 3 N–H and O–H groups in total. The van der Waals surface area contributed by atoms with Crippen LogP contribution in [-0.4, -0.2) is 5.11 Å². The van der Waals surface area contributed by atoms with Crippen LogP contribution in [0.15, 0.2) is 42.5 Å². The Hall–Kier alpha value is -2.07. The zero-order valence-electron chi connectivity index (χ0n) is 10.2. The van der Waals surface area contributed by atoms with Crippen LogP contribution >= 0.6 is 0 Å². The molecule has 1 heterocycles. The van der Waals surface area contributed by atoms with E-state index in [1.165, 1.54) is 12.1 Å². The number of hydrogen-bond acceptors (Lipinski definition) is 3. The monoisotopic (exact) mass is 259 g/mol. The van der Waals surface area contributed by atoms with Crippen LogP contribution in [0.25, 0.3) is 0 Å². The minimum Gasteiger partial charge on any atom is -0.508 e. The second kappa shape index (κ2) is 4.55. The molecule has 2 aromatic rings. The molecule has 3 rings (SSSR count). The normalized spacial score (nSPS) is 21.6. The number of ether oxygens (including phenoxy) is 1. The van der Waals surface area contributed by atoms with Crippen LogP contribution in [0.2, 0.25) is 0 Å². The molecule has 4 heteroatoms. The summed E-state index contributed by atoms with van der Waals surface area (Å²) in [6.45, 7) is 0. The van der Waals surface area contributed by atoms with Crippen molar-refractivity contribution in [2.45, 2.75) is 18.6 Å². The van der Waals surface area contributed by atoms with E-state index in [0.717, 1.165) is 5.56 Å². The molecule has 0 amide bonds. The Kier molecular flexibility index (Phi) is 2.87. The van der Waals surface area contributed by atoms with Crippen molar-refractivity contribution in [3.63, 3.8) is 0 Å². The summed E-state index contributed by atoms with van der Waals surface area (Å²) in [6.07, 6.45) is 0.333. The maximum absolute atomic E-state index is 13.2. The van der Waals surface area contributed by atoms with Gasteiger partial charge in [-0.3, -0.25) is 0 Å². The fourth-order valence-electron chi connectivity index (χ4n) is 2.40. The van der Waals surface area contributed by atoms with Gasteiger partial charge in [0, 0.05) is 18.0 Å². The quantitative estimate of drug-likeness (QED) is 0.827. The highest BCUT2D eigenvalue weighted by Gasteiger charge is 2.27. The first-order chi connectivity index (χ1) is 9.13. The van der Waals surface area contributed by atoms with E-state index in [1.807, 2.05) is 6.07 Å². The Balaban J connectivity index is 1.95. The van der Waals surface area contributed by atoms with Gasteiger partial charge in [-0.2, -0.15) is 0 Å². The molecule has 0 bridgehead atoms. The van der Waals surface area contributed by atoms with Crippen molar-refractivity contribution in [1.82, 2.24) is 0 Å². The van der Waals surface area contributed by atoms with Crippen LogP contribution in [0, 0.1) is 5.82 Å². The maximum Gasteiger partial charge on any atom is 0.126 e. The van der Waals surface area contributed by atoms with E-state index in [0.29, 0.717) is 17.7 Å². The Morgan fingerprint density at radius 1 is 1.21 bits per heavy atom. The number of aromatic hydroxyl groups is 1. The zero-order valence-corrected chi connectivity index (χ0v) is 10.2. The standard InChI is InChI=1S/C15H14FNO2/c16-10-4-5-14-12(7-10)13(17)8-15(19-14)9-2-1-3-11(18)6-9/h1-7,13,15,18H,8,17H2. The van der Waals surface area contributed by atoms with Gasteiger partial charge in [0.05, 0.1) is 0 Å². The van der Waals surface area contributed by atoms with Gasteiger partial charge in [0.1, 0.15) is 23.4 Å². The molecular formula is C15H14FNO2.